The average molecular weight is 356 g/mol. The molecule has 1 saturated carbocycles. The number of amides is 1. The maximum absolute atomic E-state index is 11.7. The van der Waals surface area contributed by atoms with Crippen LogP contribution in [0.15, 0.2) is 35.9 Å². The third-order valence-electron chi connectivity index (χ3n) is 5.75. The number of nitrogens with one attached hydrogen (secondary N) is 1. The lowest BCUT2D eigenvalue weighted by Gasteiger charge is -2.32. The largest absolute Gasteiger partial charge is 0.349 e. The van der Waals surface area contributed by atoms with Crippen LogP contribution in [0.4, 0.5) is 0 Å². The Balaban J connectivity index is 1.37. The number of carbonyl (C=O) groups is 1. The van der Waals surface area contributed by atoms with Gasteiger partial charge in [-0.3, -0.25) is 4.79 Å². The van der Waals surface area contributed by atoms with Gasteiger partial charge < -0.3 is 15.1 Å². The van der Waals surface area contributed by atoms with Gasteiger partial charge in [0.15, 0.2) is 0 Å². The molecule has 1 saturated heterocycles. The number of hydrogen-bond donors (Lipinski definition) is 1. The summed E-state index contributed by atoms with van der Waals surface area (Å²) in [6, 6.07) is 11.9. The normalized spacial score (nSPS) is 24.5. The number of hydrogen-bond acceptors (Lipinski definition) is 3. The van der Waals surface area contributed by atoms with Gasteiger partial charge in [0.05, 0.1) is 0 Å². The summed E-state index contributed by atoms with van der Waals surface area (Å²) in [5.41, 5.74) is 2.80. The molecule has 1 aliphatic heterocycles. The molecule has 4 nitrogen and oxygen atoms in total. The molecule has 3 rings (SSSR count). The van der Waals surface area contributed by atoms with Crippen molar-refractivity contribution in [3.63, 3.8) is 0 Å². The van der Waals surface area contributed by atoms with Gasteiger partial charge in [0.2, 0.25) is 5.91 Å². The maximum Gasteiger partial charge on any atom is 0.223 e. The van der Waals surface area contributed by atoms with Crippen LogP contribution in [0.5, 0.6) is 0 Å². The molecule has 26 heavy (non-hydrogen) atoms. The molecule has 142 valence electrons. The number of rotatable bonds is 7. The van der Waals surface area contributed by atoms with E-state index < -0.39 is 0 Å². The van der Waals surface area contributed by atoms with Crippen molar-refractivity contribution >= 4 is 12.0 Å². The van der Waals surface area contributed by atoms with Crippen LogP contribution < -0.4 is 5.32 Å². The first kappa shape index (κ1) is 19.1. The van der Waals surface area contributed by atoms with Crippen molar-refractivity contribution in [2.24, 2.45) is 5.92 Å². The van der Waals surface area contributed by atoms with Crippen molar-refractivity contribution in [3.8, 4) is 0 Å². The fraction of sp³-hybridized carbons (Fsp3) is 0.591. The summed E-state index contributed by atoms with van der Waals surface area (Å²) in [7, 11) is 3.66. The van der Waals surface area contributed by atoms with Crippen LogP contribution in [0.1, 0.15) is 38.2 Å². The van der Waals surface area contributed by atoms with Gasteiger partial charge in [-0.2, -0.15) is 0 Å². The summed E-state index contributed by atoms with van der Waals surface area (Å²) >= 11 is 0. The van der Waals surface area contributed by atoms with Crippen molar-refractivity contribution in [3.05, 3.63) is 41.5 Å². The first-order valence-corrected chi connectivity index (χ1v) is 9.94. The zero-order valence-electron chi connectivity index (χ0n) is 16.4. The Morgan fingerprint density at radius 1 is 1.23 bits per heavy atom. The van der Waals surface area contributed by atoms with E-state index in [1.54, 1.807) is 4.90 Å². The van der Waals surface area contributed by atoms with Gasteiger partial charge in [0, 0.05) is 39.1 Å². The van der Waals surface area contributed by atoms with E-state index in [0.29, 0.717) is 24.4 Å². The number of carbonyl (C=O) groups excluding carboxylic acids is 1. The lowest BCUT2D eigenvalue weighted by atomic mass is 10.0. The van der Waals surface area contributed by atoms with Crippen LogP contribution in [0.3, 0.4) is 0 Å². The standard InChI is InChI=1S/C22H33N3O/c1-17(15-18-7-5-4-6-8-18)20-16-21(20)23-19-9-12-25(13-10-19)14-11-22(26)24(2)3/h4-8,15,19-21,23H,9-14,16H2,1-3H3/t20-,21+/m0/s1. The first-order valence-electron chi connectivity index (χ1n) is 9.94. The number of nitrogens with zero attached hydrogens (tertiary/aromatic N) is 2. The monoisotopic (exact) mass is 355 g/mol. The summed E-state index contributed by atoms with van der Waals surface area (Å²) in [6.45, 7) is 5.38. The highest BCUT2D eigenvalue weighted by molar-refractivity contribution is 5.75. The molecule has 2 atom stereocenters. The Morgan fingerprint density at radius 2 is 1.92 bits per heavy atom. The molecule has 1 N–H and O–H groups in total. The number of piperidine rings is 1. The molecule has 2 aliphatic rings. The van der Waals surface area contributed by atoms with Crippen molar-refractivity contribution in [2.45, 2.75) is 44.7 Å². The molecule has 0 unspecified atom stereocenters. The molecule has 0 radical (unpaired) electrons. The minimum atomic E-state index is 0.228. The first-order chi connectivity index (χ1) is 12.5. The molecule has 0 aromatic heterocycles. The third kappa shape index (κ3) is 5.42. The number of benzene rings is 1. The lowest BCUT2D eigenvalue weighted by molar-refractivity contribution is -0.129. The smallest absolute Gasteiger partial charge is 0.223 e. The van der Waals surface area contributed by atoms with Gasteiger partial charge in [-0.05, 0) is 50.8 Å². The van der Waals surface area contributed by atoms with Gasteiger partial charge in [0.1, 0.15) is 0 Å². The van der Waals surface area contributed by atoms with Crippen molar-refractivity contribution in [1.29, 1.82) is 0 Å². The summed E-state index contributed by atoms with van der Waals surface area (Å²) in [5, 5.41) is 3.87. The Morgan fingerprint density at radius 3 is 2.58 bits per heavy atom. The Labute approximate surface area is 158 Å². The van der Waals surface area contributed by atoms with Crippen molar-refractivity contribution in [2.75, 3.05) is 33.7 Å². The van der Waals surface area contributed by atoms with Crippen molar-refractivity contribution in [1.82, 2.24) is 15.1 Å². The summed E-state index contributed by atoms with van der Waals surface area (Å²) in [5.74, 6) is 0.928. The molecule has 4 heteroatoms. The molecule has 1 amide bonds. The van der Waals surface area contributed by atoms with E-state index in [2.05, 4.69) is 53.5 Å². The highest BCUT2D eigenvalue weighted by Crippen LogP contribution is 2.38. The van der Waals surface area contributed by atoms with Crippen LogP contribution in [0.2, 0.25) is 0 Å². The third-order valence-corrected chi connectivity index (χ3v) is 5.75. The summed E-state index contributed by atoms with van der Waals surface area (Å²) < 4.78 is 0. The molecule has 1 aromatic carbocycles. The fourth-order valence-corrected chi connectivity index (χ4v) is 3.90. The van der Waals surface area contributed by atoms with E-state index >= 15 is 0 Å². The van der Waals surface area contributed by atoms with Crippen LogP contribution in [0.25, 0.3) is 6.08 Å². The number of likely N-dealkylation sites (tertiary alicyclic amines) is 1. The molecule has 1 aromatic rings. The van der Waals surface area contributed by atoms with Crippen LogP contribution in [0, 0.1) is 5.92 Å². The Kier molecular flexibility index (Phi) is 6.49. The van der Waals surface area contributed by atoms with Crippen LogP contribution >= 0.6 is 0 Å². The van der Waals surface area contributed by atoms with E-state index in [1.165, 1.54) is 30.4 Å². The van der Waals surface area contributed by atoms with E-state index in [9.17, 15) is 4.79 Å². The molecule has 1 heterocycles. The molecule has 0 bridgehead atoms. The zero-order valence-corrected chi connectivity index (χ0v) is 16.4. The second kappa shape index (κ2) is 8.83. The quantitative estimate of drug-likeness (QED) is 0.817. The predicted octanol–water partition coefficient (Wildman–Crippen LogP) is 3.01. The Hall–Kier alpha value is -1.65. The van der Waals surface area contributed by atoms with Gasteiger partial charge in [0.25, 0.3) is 0 Å². The maximum atomic E-state index is 11.7. The highest BCUT2D eigenvalue weighted by Gasteiger charge is 2.39. The molecular formula is C22H33N3O. The molecular weight excluding hydrogens is 322 g/mol. The van der Waals surface area contributed by atoms with Crippen molar-refractivity contribution < 1.29 is 4.79 Å². The van der Waals surface area contributed by atoms with E-state index in [-0.39, 0.29) is 5.91 Å². The highest BCUT2D eigenvalue weighted by atomic mass is 16.2. The van der Waals surface area contributed by atoms with Gasteiger partial charge in [-0.1, -0.05) is 42.0 Å². The van der Waals surface area contributed by atoms with Gasteiger partial charge >= 0.3 is 0 Å². The predicted molar refractivity (Wildman–Crippen MR) is 108 cm³/mol. The fourth-order valence-electron chi connectivity index (χ4n) is 3.90. The van der Waals surface area contributed by atoms with Gasteiger partial charge in [-0.15, -0.1) is 0 Å². The second-order valence-corrected chi connectivity index (χ2v) is 8.07. The summed E-state index contributed by atoms with van der Waals surface area (Å²) in [6.07, 6.45) is 6.63. The topological polar surface area (TPSA) is 35.6 Å². The average Bonchev–Trinajstić information content (AvgIpc) is 3.41. The minimum Gasteiger partial charge on any atom is -0.349 e. The molecule has 0 spiro atoms. The Bertz CT molecular complexity index is 618. The van der Waals surface area contributed by atoms with Crippen LogP contribution in [-0.4, -0.2) is 61.5 Å². The molecule has 1 aliphatic carbocycles. The van der Waals surface area contributed by atoms with E-state index in [0.717, 1.165) is 19.6 Å². The van der Waals surface area contributed by atoms with Gasteiger partial charge in [-0.25, -0.2) is 0 Å². The lowest BCUT2D eigenvalue weighted by Crippen LogP contribution is -2.44. The summed E-state index contributed by atoms with van der Waals surface area (Å²) in [4.78, 5) is 15.8. The zero-order chi connectivity index (χ0) is 18.5. The molecule has 2 fully saturated rings. The minimum absolute atomic E-state index is 0.228. The van der Waals surface area contributed by atoms with E-state index in [1.807, 2.05) is 14.1 Å². The van der Waals surface area contributed by atoms with Crippen LogP contribution in [-0.2, 0) is 4.79 Å². The second-order valence-electron chi connectivity index (χ2n) is 8.07. The van der Waals surface area contributed by atoms with E-state index in [4.69, 9.17) is 0 Å². The SMILES string of the molecule is CC(=Cc1ccccc1)[C@@H]1C[C@H]1NC1CCN(CCC(=O)N(C)C)CC1.